The second-order valence-corrected chi connectivity index (χ2v) is 9.62. The van der Waals surface area contributed by atoms with Crippen molar-refractivity contribution in [2.24, 2.45) is 11.3 Å². The van der Waals surface area contributed by atoms with E-state index in [1.54, 1.807) is 31.4 Å². The summed E-state index contributed by atoms with van der Waals surface area (Å²) in [5, 5.41) is 1.34. The van der Waals surface area contributed by atoms with Crippen LogP contribution in [0.1, 0.15) is 18.4 Å². The highest BCUT2D eigenvalue weighted by atomic mass is 35.5. The molecular weight excluding hydrogens is 469 g/mol. The Labute approximate surface area is 200 Å². The van der Waals surface area contributed by atoms with E-state index in [1.165, 1.54) is 4.90 Å². The van der Waals surface area contributed by atoms with Crippen LogP contribution in [0.5, 0.6) is 5.75 Å². The summed E-state index contributed by atoms with van der Waals surface area (Å²) in [4.78, 5) is 28.1. The van der Waals surface area contributed by atoms with Gasteiger partial charge in [0.25, 0.3) is 0 Å². The molecule has 2 amide bonds. The fraction of sp³-hybridized carbons (Fsp3) is 0.200. The molecule has 2 aliphatic rings. The van der Waals surface area contributed by atoms with Gasteiger partial charge in [-0.3, -0.25) is 9.59 Å². The summed E-state index contributed by atoms with van der Waals surface area (Å²) in [6.07, 6.45) is 0. The number of anilines is 1. The van der Waals surface area contributed by atoms with Crippen LogP contribution < -0.4 is 9.64 Å². The van der Waals surface area contributed by atoms with Gasteiger partial charge >= 0.3 is 0 Å². The number of ether oxygens (including phenoxy) is 1. The molecule has 4 nitrogen and oxygen atoms in total. The molecule has 0 radical (unpaired) electrons. The van der Waals surface area contributed by atoms with Crippen LogP contribution in [-0.2, 0) is 9.59 Å². The smallest absolute Gasteiger partial charge is 0.241 e. The predicted octanol–water partition coefficient (Wildman–Crippen LogP) is 6.62. The van der Waals surface area contributed by atoms with Crippen molar-refractivity contribution in [3.05, 3.63) is 81.3 Å². The average molecular weight is 487 g/mol. The normalized spacial score (nSPS) is 24.0. The molecule has 0 spiro atoms. The molecule has 0 aromatic heterocycles. The van der Waals surface area contributed by atoms with Gasteiger partial charge in [-0.2, -0.15) is 0 Å². The van der Waals surface area contributed by atoms with E-state index in [0.29, 0.717) is 26.5 Å². The zero-order valence-corrected chi connectivity index (χ0v) is 19.5. The Bertz CT molecular complexity index is 1270. The number of piperidine rings is 1. The quantitative estimate of drug-likeness (QED) is 0.390. The zero-order chi connectivity index (χ0) is 22.8. The molecule has 0 unspecified atom stereocenters. The van der Waals surface area contributed by atoms with Gasteiger partial charge in [0.15, 0.2) is 0 Å². The molecule has 3 aromatic rings. The minimum absolute atomic E-state index is 0.242. The molecule has 1 aliphatic heterocycles. The van der Waals surface area contributed by atoms with E-state index in [1.807, 2.05) is 43.3 Å². The third-order valence-corrected chi connectivity index (χ3v) is 7.17. The second-order valence-electron chi connectivity index (χ2n) is 8.31. The van der Waals surface area contributed by atoms with Crippen molar-refractivity contribution in [1.82, 2.24) is 0 Å². The van der Waals surface area contributed by atoms with E-state index in [0.717, 1.165) is 16.7 Å². The van der Waals surface area contributed by atoms with Gasteiger partial charge < -0.3 is 4.74 Å². The fourth-order valence-electron chi connectivity index (χ4n) is 4.91. The van der Waals surface area contributed by atoms with Crippen molar-refractivity contribution in [3.63, 3.8) is 0 Å². The zero-order valence-electron chi connectivity index (χ0n) is 17.2. The van der Waals surface area contributed by atoms with Gasteiger partial charge in [0.05, 0.1) is 24.1 Å². The monoisotopic (exact) mass is 485 g/mol. The van der Waals surface area contributed by atoms with Crippen molar-refractivity contribution in [2.45, 2.75) is 12.8 Å². The van der Waals surface area contributed by atoms with Crippen molar-refractivity contribution < 1.29 is 14.3 Å². The molecule has 162 valence electrons. The Balaban J connectivity index is 1.57. The highest BCUT2D eigenvalue weighted by Gasteiger charge is 2.77. The maximum atomic E-state index is 13.5. The Hall–Kier alpha value is -2.53. The summed E-state index contributed by atoms with van der Waals surface area (Å²) < 4.78 is 5.42. The van der Waals surface area contributed by atoms with Gasteiger partial charge in [0, 0.05) is 21.0 Å². The van der Waals surface area contributed by atoms with Crippen LogP contribution in [0.15, 0.2) is 60.7 Å². The van der Waals surface area contributed by atoms with Crippen LogP contribution in [0.2, 0.25) is 15.1 Å². The van der Waals surface area contributed by atoms with Gasteiger partial charge in [0.1, 0.15) is 5.75 Å². The van der Waals surface area contributed by atoms with E-state index in [4.69, 9.17) is 39.5 Å². The fourth-order valence-corrected chi connectivity index (χ4v) is 5.62. The Morgan fingerprint density at radius 1 is 0.875 bits per heavy atom. The summed E-state index contributed by atoms with van der Waals surface area (Å²) in [5.41, 5.74) is 2.28. The summed E-state index contributed by atoms with van der Waals surface area (Å²) in [6.45, 7) is 1.85. The van der Waals surface area contributed by atoms with Gasteiger partial charge in [-0.05, 0) is 66.1 Å². The van der Waals surface area contributed by atoms with E-state index >= 15 is 0 Å². The molecule has 0 bridgehead atoms. The minimum atomic E-state index is -0.839. The predicted molar refractivity (Wildman–Crippen MR) is 127 cm³/mol. The maximum Gasteiger partial charge on any atom is 0.241 e. The average Bonchev–Trinajstić information content (AvgIpc) is 3.33. The lowest BCUT2D eigenvalue weighted by Crippen LogP contribution is -2.36. The third-order valence-electron chi connectivity index (χ3n) is 6.50. The summed E-state index contributed by atoms with van der Waals surface area (Å²) in [6, 6.07) is 17.9. The number of halogens is 3. The maximum absolute atomic E-state index is 13.5. The first-order chi connectivity index (χ1) is 15.3. The van der Waals surface area contributed by atoms with Crippen LogP contribution >= 0.6 is 34.8 Å². The highest BCUT2D eigenvalue weighted by Crippen LogP contribution is 2.71. The van der Waals surface area contributed by atoms with E-state index in [2.05, 4.69) is 0 Å². The first-order valence-corrected chi connectivity index (χ1v) is 11.2. The number of carbonyl (C=O) groups excluding carboxylic acids is 2. The minimum Gasteiger partial charge on any atom is -0.497 e. The number of imide groups is 1. The van der Waals surface area contributed by atoms with Gasteiger partial charge in [-0.1, -0.05) is 53.0 Å². The number of nitrogens with zero attached hydrogens (tertiary/aromatic N) is 1. The number of carbonyl (C=O) groups is 2. The summed E-state index contributed by atoms with van der Waals surface area (Å²) in [5.74, 6) is -0.502. The van der Waals surface area contributed by atoms with Gasteiger partial charge in [0.2, 0.25) is 11.8 Å². The molecule has 5 rings (SSSR count). The van der Waals surface area contributed by atoms with Crippen molar-refractivity contribution in [3.8, 4) is 16.9 Å². The topological polar surface area (TPSA) is 46.6 Å². The summed E-state index contributed by atoms with van der Waals surface area (Å²) in [7, 11) is 1.60. The van der Waals surface area contributed by atoms with Crippen molar-refractivity contribution in [2.75, 3.05) is 12.0 Å². The first kappa shape index (κ1) is 21.3. The lowest BCUT2D eigenvalue weighted by atomic mass is 9.91. The van der Waals surface area contributed by atoms with Crippen LogP contribution in [0.3, 0.4) is 0 Å². The molecule has 1 heterocycles. The van der Waals surface area contributed by atoms with Gasteiger partial charge in [-0.15, -0.1) is 0 Å². The number of amides is 2. The SMILES string of the molecule is COc1ccc([C@H]2[C@H]3C(=O)N(c4cc(Cl)cc(Cl)c4)C(=O)[C@]32C)c(-c2cccc(Cl)c2)c1. The molecule has 1 saturated heterocycles. The summed E-state index contributed by atoms with van der Waals surface area (Å²) >= 11 is 18.4. The van der Waals surface area contributed by atoms with E-state index in [-0.39, 0.29) is 17.7 Å². The Morgan fingerprint density at radius 2 is 1.59 bits per heavy atom. The number of rotatable bonds is 4. The van der Waals surface area contributed by atoms with E-state index in [9.17, 15) is 9.59 Å². The largest absolute Gasteiger partial charge is 0.497 e. The number of fused-ring (bicyclic) bond motifs is 1. The standard InChI is InChI=1S/C25H18Cl3NO3/c1-25-21(19-7-6-18(32-2)12-20(19)13-4-3-5-14(26)8-13)22(25)23(30)29(24(25)31)17-10-15(27)9-16(28)11-17/h3-12,21-22H,1-2H3/t21-,22-,25-/m0/s1. The number of hydrogen-bond donors (Lipinski definition) is 0. The van der Waals surface area contributed by atoms with Gasteiger partial charge in [-0.25, -0.2) is 4.90 Å². The van der Waals surface area contributed by atoms with Crippen LogP contribution in [0.25, 0.3) is 11.1 Å². The van der Waals surface area contributed by atoms with Crippen LogP contribution in [0, 0.1) is 11.3 Å². The van der Waals surface area contributed by atoms with Crippen molar-refractivity contribution >= 4 is 52.3 Å². The van der Waals surface area contributed by atoms with E-state index < -0.39 is 11.3 Å². The second kappa shape index (κ2) is 7.51. The molecule has 0 N–H and O–H groups in total. The highest BCUT2D eigenvalue weighted by molar-refractivity contribution is 6.36. The Kier molecular flexibility index (Phi) is 5.01. The number of methoxy groups -OCH3 is 1. The lowest BCUT2D eigenvalue weighted by Gasteiger charge is -2.22. The third kappa shape index (κ3) is 3.13. The van der Waals surface area contributed by atoms with Crippen molar-refractivity contribution in [1.29, 1.82) is 0 Å². The molecule has 1 aliphatic carbocycles. The van der Waals surface area contributed by atoms with Crippen LogP contribution in [-0.4, -0.2) is 18.9 Å². The molecule has 2 fully saturated rings. The lowest BCUT2D eigenvalue weighted by molar-refractivity contribution is -0.125. The molecule has 3 aromatic carbocycles. The molecule has 32 heavy (non-hydrogen) atoms. The van der Waals surface area contributed by atoms with Crippen LogP contribution in [0.4, 0.5) is 5.69 Å². The first-order valence-electron chi connectivity index (χ1n) is 10.0. The Morgan fingerprint density at radius 3 is 2.19 bits per heavy atom. The number of benzene rings is 3. The molecular formula is C25H18Cl3NO3. The molecule has 7 heteroatoms. The molecule has 1 saturated carbocycles. The molecule has 3 atom stereocenters. The number of hydrogen-bond acceptors (Lipinski definition) is 3.